The van der Waals surface area contributed by atoms with Gasteiger partial charge >= 0.3 is 5.97 Å². The van der Waals surface area contributed by atoms with Crippen molar-refractivity contribution in [1.29, 1.82) is 0 Å². The van der Waals surface area contributed by atoms with Gasteiger partial charge in [-0.05, 0) is 50.5 Å². The zero-order valence-electron chi connectivity index (χ0n) is 15.8. The number of likely N-dealkylation sites (N-methyl/N-ethyl adjacent to an activating group) is 1. The molecule has 0 bridgehead atoms. The molecule has 0 radical (unpaired) electrons. The molecule has 1 saturated carbocycles. The Morgan fingerprint density at radius 1 is 1.12 bits per heavy atom. The highest BCUT2D eigenvalue weighted by Crippen LogP contribution is 2.49. The second-order valence-electron chi connectivity index (χ2n) is 8.48. The van der Waals surface area contributed by atoms with Crippen molar-refractivity contribution in [3.05, 3.63) is 0 Å². The van der Waals surface area contributed by atoms with Gasteiger partial charge in [0.25, 0.3) is 0 Å². The van der Waals surface area contributed by atoms with Crippen molar-refractivity contribution in [3.8, 4) is 0 Å². The van der Waals surface area contributed by atoms with E-state index in [1.54, 1.807) is 7.05 Å². The van der Waals surface area contributed by atoms with E-state index in [-0.39, 0.29) is 29.3 Å². The SMILES string of the molecule is CNC(=O)[C@@H]1CCCN1C1CCN(OC(=O)[C@@H]2CNCC23CCC3)CC1. The van der Waals surface area contributed by atoms with Gasteiger partial charge in [0.05, 0.1) is 12.0 Å². The molecule has 2 atom stereocenters. The highest BCUT2D eigenvalue weighted by atomic mass is 16.7. The minimum absolute atomic E-state index is 0.0159. The molecular weight excluding hydrogens is 332 g/mol. The third kappa shape index (κ3) is 3.25. The van der Waals surface area contributed by atoms with Crippen molar-refractivity contribution in [2.75, 3.05) is 39.8 Å². The predicted octanol–water partition coefficient (Wildman–Crippen LogP) is 0.509. The zero-order chi connectivity index (χ0) is 18.1. The lowest BCUT2D eigenvalue weighted by Crippen LogP contribution is -2.51. The fourth-order valence-corrected chi connectivity index (χ4v) is 5.42. The van der Waals surface area contributed by atoms with Gasteiger partial charge in [-0.3, -0.25) is 9.69 Å². The summed E-state index contributed by atoms with van der Waals surface area (Å²) in [6, 6.07) is 0.433. The van der Waals surface area contributed by atoms with Gasteiger partial charge in [0.1, 0.15) is 0 Å². The highest BCUT2D eigenvalue weighted by molar-refractivity contribution is 5.81. The first-order valence-electron chi connectivity index (χ1n) is 10.3. The Labute approximate surface area is 155 Å². The summed E-state index contributed by atoms with van der Waals surface area (Å²) in [4.78, 5) is 32.9. The molecule has 0 unspecified atom stereocenters. The summed E-state index contributed by atoms with van der Waals surface area (Å²) < 4.78 is 0. The molecule has 4 fully saturated rings. The number of hydrogen-bond donors (Lipinski definition) is 2. The molecule has 4 aliphatic rings. The summed E-state index contributed by atoms with van der Waals surface area (Å²) in [5.74, 6) is 0.110. The average Bonchev–Trinajstić information content (AvgIpc) is 3.28. The second kappa shape index (κ2) is 7.44. The van der Waals surface area contributed by atoms with Gasteiger partial charge in [0.15, 0.2) is 0 Å². The van der Waals surface area contributed by atoms with E-state index >= 15 is 0 Å². The van der Waals surface area contributed by atoms with Crippen molar-refractivity contribution >= 4 is 11.9 Å². The van der Waals surface area contributed by atoms with E-state index in [4.69, 9.17) is 4.84 Å². The smallest absolute Gasteiger partial charge is 0.329 e. The van der Waals surface area contributed by atoms with Crippen LogP contribution in [0.1, 0.15) is 44.9 Å². The third-order valence-electron chi connectivity index (χ3n) is 7.15. The number of nitrogens with zero attached hydrogens (tertiary/aromatic N) is 2. The zero-order valence-corrected chi connectivity index (χ0v) is 15.8. The average molecular weight is 364 g/mol. The van der Waals surface area contributed by atoms with E-state index in [9.17, 15) is 9.59 Å². The van der Waals surface area contributed by atoms with Crippen LogP contribution >= 0.6 is 0 Å². The Morgan fingerprint density at radius 3 is 2.54 bits per heavy atom. The fourth-order valence-electron chi connectivity index (χ4n) is 5.42. The number of nitrogens with one attached hydrogen (secondary N) is 2. The van der Waals surface area contributed by atoms with Crippen LogP contribution in [0.15, 0.2) is 0 Å². The summed E-state index contributed by atoms with van der Waals surface area (Å²) in [5, 5.41) is 8.03. The summed E-state index contributed by atoms with van der Waals surface area (Å²) >= 11 is 0. The second-order valence-corrected chi connectivity index (χ2v) is 8.48. The summed E-state index contributed by atoms with van der Waals surface area (Å²) in [6.45, 7) is 4.25. The molecule has 7 nitrogen and oxygen atoms in total. The Kier molecular flexibility index (Phi) is 5.21. The molecular formula is C19H32N4O3. The number of likely N-dealkylation sites (tertiary alicyclic amines) is 1. The van der Waals surface area contributed by atoms with E-state index in [2.05, 4.69) is 15.5 Å². The Balaban J connectivity index is 1.27. The molecule has 26 heavy (non-hydrogen) atoms. The maximum absolute atomic E-state index is 12.7. The van der Waals surface area contributed by atoms with E-state index in [0.717, 1.165) is 71.2 Å². The van der Waals surface area contributed by atoms with E-state index in [1.807, 2.05) is 5.06 Å². The molecule has 1 aliphatic carbocycles. The Morgan fingerprint density at radius 2 is 1.88 bits per heavy atom. The number of rotatable bonds is 4. The van der Waals surface area contributed by atoms with Crippen molar-refractivity contribution in [1.82, 2.24) is 20.6 Å². The van der Waals surface area contributed by atoms with Crippen molar-refractivity contribution < 1.29 is 14.4 Å². The van der Waals surface area contributed by atoms with Gasteiger partial charge < -0.3 is 15.5 Å². The number of hydroxylamine groups is 2. The van der Waals surface area contributed by atoms with Gasteiger partial charge in [-0.15, -0.1) is 5.06 Å². The minimum atomic E-state index is -0.0439. The Bertz CT molecular complexity index is 543. The van der Waals surface area contributed by atoms with E-state index in [0.29, 0.717) is 6.04 Å². The maximum Gasteiger partial charge on any atom is 0.329 e. The maximum atomic E-state index is 12.7. The van der Waals surface area contributed by atoms with Crippen LogP contribution in [-0.2, 0) is 14.4 Å². The molecule has 0 aromatic carbocycles. The summed E-state index contributed by atoms with van der Waals surface area (Å²) in [5.41, 5.74) is 0.172. The van der Waals surface area contributed by atoms with Crippen LogP contribution in [0, 0.1) is 11.3 Å². The third-order valence-corrected chi connectivity index (χ3v) is 7.15. The van der Waals surface area contributed by atoms with Crippen LogP contribution in [0.4, 0.5) is 0 Å². The monoisotopic (exact) mass is 364 g/mol. The first-order valence-corrected chi connectivity index (χ1v) is 10.3. The molecule has 2 N–H and O–H groups in total. The highest BCUT2D eigenvalue weighted by Gasteiger charge is 2.51. The van der Waals surface area contributed by atoms with Crippen LogP contribution in [0.5, 0.6) is 0 Å². The first kappa shape index (κ1) is 18.2. The topological polar surface area (TPSA) is 73.9 Å². The summed E-state index contributed by atoms with van der Waals surface area (Å²) in [7, 11) is 1.72. The summed E-state index contributed by atoms with van der Waals surface area (Å²) in [6.07, 6.45) is 7.48. The van der Waals surface area contributed by atoms with Crippen LogP contribution in [0.2, 0.25) is 0 Å². The molecule has 0 aromatic rings. The number of piperidine rings is 1. The lowest BCUT2D eigenvalue weighted by molar-refractivity contribution is -0.206. The van der Waals surface area contributed by atoms with Gasteiger partial charge in [0.2, 0.25) is 5.91 Å². The van der Waals surface area contributed by atoms with Crippen LogP contribution in [0.3, 0.4) is 0 Å². The molecule has 1 amide bonds. The molecule has 3 heterocycles. The van der Waals surface area contributed by atoms with E-state index < -0.39 is 0 Å². The number of hydrogen-bond acceptors (Lipinski definition) is 6. The number of carbonyl (C=O) groups is 2. The standard InChI is InChI=1S/C19H32N4O3/c1-20-17(24)16-4-2-9-23(16)14-5-10-22(11-6-14)26-18(25)15-12-21-13-19(15)7-3-8-19/h14-16,21H,2-13H2,1H3,(H,20,24)/t15-,16-/m0/s1. The van der Waals surface area contributed by atoms with Gasteiger partial charge in [-0.1, -0.05) is 6.42 Å². The number of carbonyl (C=O) groups excluding carboxylic acids is 2. The van der Waals surface area contributed by atoms with Crippen LogP contribution in [-0.4, -0.2) is 73.7 Å². The first-order chi connectivity index (χ1) is 12.6. The molecule has 3 saturated heterocycles. The molecule has 3 aliphatic heterocycles. The van der Waals surface area contributed by atoms with Crippen LogP contribution in [0.25, 0.3) is 0 Å². The van der Waals surface area contributed by atoms with Gasteiger partial charge in [-0.2, -0.15) is 0 Å². The molecule has 0 aromatic heterocycles. The lowest BCUT2D eigenvalue weighted by Gasteiger charge is -2.42. The quantitative estimate of drug-likeness (QED) is 0.757. The molecule has 146 valence electrons. The van der Waals surface area contributed by atoms with Crippen molar-refractivity contribution in [2.24, 2.45) is 11.3 Å². The molecule has 4 rings (SSSR count). The fraction of sp³-hybridized carbons (Fsp3) is 0.895. The lowest BCUT2D eigenvalue weighted by atomic mass is 9.63. The van der Waals surface area contributed by atoms with Gasteiger partial charge in [0, 0.05) is 39.3 Å². The predicted molar refractivity (Wildman–Crippen MR) is 97.1 cm³/mol. The van der Waals surface area contributed by atoms with Gasteiger partial charge in [-0.25, -0.2) is 4.79 Å². The van der Waals surface area contributed by atoms with E-state index in [1.165, 1.54) is 6.42 Å². The van der Waals surface area contributed by atoms with Crippen molar-refractivity contribution in [3.63, 3.8) is 0 Å². The normalized spacial score (nSPS) is 32.5. The molecule has 1 spiro atoms. The Hall–Kier alpha value is -1.18. The minimum Gasteiger partial charge on any atom is -0.368 e. The largest absolute Gasteiger partial charge is 0.368 e. The van der Waals surface area contributed by atoms with Crippen molar-refractivity contribution in [2.45, 2.75) is 57.0 Å². The number of amides is 1. The molecule has 7 heteroatoms. The van der Waals surface area contributed by atoms with Crippen LogP contribution < -0.4 is 10.6 Å².